The van der Waals surface area contributed by atoms with Crippen LogP contribution in [0.15, 0.2) is 30.3 Å². The number of nitrogens with two attached hydrogens (primary N) is 2. The Labute approximate surface area is 211 Å². The molecule has 8 N–H and O–H groups in total. The number of hydrogen-bond acceptors (Lipinski definition) is 6. The van der Waals surface area contributed by atoms with Crippen molar-refractivity contribution in [1.82, 2.24) is 16.0 Å². The SMILES string of the molecule is CCC(C)C(NC(=O)C(N)CCC(N)=O)C(=O)NC(Cc1ccccc1)C(=O)NC(C(=O)O)C(C)C. The smallest absolute Gasteiger partial charge is 0.326 e. The van der Waals surface area contributed by atoms with Gasteiger partial charge in [-0.2, -0.15) is 0 Å². The predicted octanol–water partition coefficient (Wildman–Crippen LogP) is 0.0630. The molecule has 0 fully saturated rings. The summed E-state index contributed by atoms with van der Waals surface area (Å²) in [6.45, 7) is 6.95. The van der Waals surface area contributed by atoms with E-state index in [9.17, 15) is 29.1 Å². The highest BCUT2D eigenvalue weighted by Crippen LogP contribution is 2.11. The number of carboxylic acid groups (broad SMARTS) is 1. The van der Waals surface area contributed by atoms with E-state index in [-0.39, 0.29) is 31.1 Å². The van der Waals surface area contributed by atoms with Crippen LogP contribution in [0, 0.1) is 11.8 Å². The molecule has 36 heavy (non-hydrogen) atoms. The Kier molecular flexibility index (Phi) is 12.6. The molecule has 4 amide bonds. The van der Waals surface area contributed by atoms with Gasteiger partial charge in [0, 0.05) is 12.8 Å². The van der Waals surface area contributed by atoms with E-state index in [1.807, 2.05) is 13.0 Å². The lowest BCUT2D eigenvalue weighted by molar-refractivity contribution is -0.143. The van der Waals surface area contributed by atoms with E-state index in [1.54, 1.807) is 45.0 Å². The molecule has 0 aliphatic rings. The molecular weight excluding hydrogens is 466 g/mol. The fourth-order valence-electron chi connectivity index (χ4n) is 3.48. The van der Waals surface area contributed by atoms with Crippen LogP contribution < -0.4 is 27.4 Å². The van der Waals surface area contributed by atoms with E-state index in [4.69, 9.17) is 11.5 Å². The highest BCUT2D eigenvalue weighted by Gasteiger charge is 2.33. The summed E-state index contributed by atoms with van der Waals surface area (Å²) in [6.07, 6.45) is 0.608. The number of benzene rings is 1. The largest absolute Gasteiger partial charge is 0.480 e. The number of carbonyl (C=O) groups is 5. The van der Waals surface area contributed by atoms with Crippen molar-refractivity contribution in [2.75, 3.05) is 0 Å². The van der Waals surface area contributed by atoms with Crippen molar-refractivity contribution in [2.45, 2.75) is 77.5 Å². The lowest BCUT2D eigenvalue weighted by Crippen LogP contribution is -2.59. The van der Waals surface area contributed by atoms with Gasteiger partial charge in [0.1, 0.15) is 18.1 Å². The third-order valence-electron chi connectivity index (χ3n) is 5.98. The van der Waals surface area contributed by atoms with Crippen LogP contribution in [-0.2, 0) is 30.4 Å². The van der Waals surface area contributed by atoms with Crippen LogP contribution in [0.4, 0.5) is 0 Å². The van der Waals surface area contributed by atoms with E-state index >= 15 is 0 Å². The predicted molar refractivity (Wildman–Crippen MR) is 134 cm³/mol. The van der Waals surface area contributed by atoms with Gasteiger partial charge in [-0.05, 0) is 23.8 Å². The first-order chi connectivity index (χ1) is 16.9. The molecular formula is C25H39N5O6. The number of nitrogens with one attached hydrogen (secondary N) is 3. The van der Waals surface area contributed by atoms with Gasteiger partial charge in [0.15, 0.2) is 0 Å². The first-order valence-corrected chi connectivity index (χ1v) is 12.1. The van der Waals surface area contributed by atoms with Gasteiger partial charge in [-0.15, -0.1) is 0 Å². The average Bonchev–Trinajstić information content (AvgIpc) is 2.83. The molecule has 0 heterocycles. The molecule has 0 aromatic heterocycles. The minimum Gasteiger partial charge on any atom is -0.480 e. The third-order valence-corrected chi connectivity index (χ3v) is 5.98. The molecule has 11 nitrogen and oxygen atoms in total. The monoisotopic (exact) mass is 505 g/mol. The van der Waals surface area contributed by atoms with Crippen molar-refractivity contribution in [1.29, 1.82) is 0 Å². The number of carboxylic acids is 1. The molecule has 5 unspecified atom stereocenters. The molecule has 0 saturated heterocycles. The Morgan fingerprint density at radius 3 is 1.97 bits per heavy atom. The normalized spacial score (nSPS) is 15.2. The van der Waals surface area contributed by atoms with Crippen LogP contribution in [0.5, 0.6) is 0 Å². The van der Waals surface area contributed by atoms with Crippen molar-refractivity contribution in [3.63, 3.8) is 0 Å². The number of carbonyl (C=O) groups excluding carboxylic acids is 4. The maximum atomic E-state index is 13.3. The minimum atomic E-state index is -1.18. The van der Waals surface area contributed by atoms with E-state index in [0.717, 1.165) is 5.56 Å². The van der Waals surface area contributed by atoms with Gasteiger partial charge >= 0.3 is 5.97 Å². The molecule has 11 heteroatoms. The molecule has 5 atom stereocenters. The minimum absolute atomic E-state index is 0.0286. The fraction of sp³-hybridized carbons (Fsp3) is 0.560. The Morgan fingerprint density at radius 1 is 0.889 bits per heavy atom. The maximum Gasteiger partial charge on any atom is 0.326 e. The van der Waals surface area contributed by atoms with Crippen molar-refractivity contribution in [3.8, 4) is 0 Å². The molecule has 1 aromatic rings. The van der Waals surface area contributed by atoms with Crippen LogP contribution in [-0.4, -0.2) is 58.9 Å². The summed E-state index contributed by atoms with van der Waals surface area (Å²) in [6, 6.07) is 4.69. The van der Waals surface area contributed by atoms with Crippen LogP contribution in [0.25, 0.3) is 0 Å². The summed E-state index contributed by atoms with van der Waals surface area (Å²) in [7, 11) is 0. The zero-order chi connectivity index (χ0) is 27.4. The summed E-state index contributed by atoms with van der Waals surface area (Å²) in [4.78, 5) is 61.6. The molecule has 0 spiro atoms. The summed E-state index contributed by atoms with van der Waals surface area (Å²) in [5, 5.41) is 17.3. The van der Waals surface area contributed by atoms with Crippen LogP contribution in [0.1, 0.15) is 52.5 Å². The maximum absolute atomic E-state index is 13.3. The molecule has 1 rings (SSSR count). The molecule has 0 radical (unpaired) electrons. The quantitative estimate of drug-likeness (QED) is 0.194. The number of aliphatic carboxylic acids is 1. The Balaban J connectivity index is 3.12. The second-order valence-corrected chi connectivity index (χ2v) is 9.30. The van der Waals surface area contributed by atoms with Gasteiger partial charge in [-0.3, -0.25) is 19.2 Å². The molecule has 200 valence electrons. The highest BCUT2D eigenvalue weighted by atomic mass is 16.4. The molecule has 0 bridgehead atoms. The molecule has 0 saturated carbocycles. The second-order valence-electron chi connectivity index (χ2n) is 9.30. The summed E-state index contributed by atoms with van der Waals surface area (Å²) in [5.74, 6) is -4.34. The zero-order valence-corrected chi connectivity index (χ0v) is 21.3. The van der Waals surface area contributed by atoms with E-state index in [0.29, 0.717) is 6.42 Å². The van der Waals surface area contributed by atoms with E-state index in [1.165, 1.54) is 0 Å². The topological polar surface area (TPSA) is 194 Å². The average molecular weight is 506 g/mol. The van der Waals surface area contributed by atoms with Gasteiger partial charge in [0.25, 0.3) is 0 Å². The first kappa shape index (κ1) is 30.6. The standard InChI is InChI=1S/C25H39N5O6/c1-5-15(4)21(30-22(32)17(26)11-12-19(27)31)24(34)28-18(13-16-9-7-6-8-10-16)23(33)29-20(14(2)3)25(35)36/h6-10,14-15,17-18,20-21H,5,11-13,26H2,1-4H3,(H2,27,31)(H,28,34)(H,29,33)(H,30,32)(H,35,36). The van der Waals surface area contributed by atoms with Gasteiger partial charge < -0.3 is 32.5 Å². The van der Waals surface area contributed by atoms with Crippen LogP contribution in [0.3, 0.4) is 0 Å². The van der Waals surface area contributed by atoms with Crippen molar-refractivity contribution >= 4 is 29.6 Å². The number of primary amides is 1. The number of rotatable bonds is 15. The summed E-state index contributed by atoms with van der Waals surface area (Å²) < 4.78 is 0. The summed E-state index contributed by atoms with van der Waals surface area (Å²) in [5.41, 5.74) is 11.7. The van der Waals surface area contributed by atoms with E-state index in [2.05, 4.69) is 16.0 Å². The number of hydrogen-bond donors (Lipinski definition) is 6. The Hall–Kier alpha value is -3.47. The first-order valence-electron chi connectivity index (χ1n) is 12.1. The number of amides is 4. The lowest BCUT2D eigenvalue weighted by Gasteiger charge is -2.28. The van der Waals surface area contributed by atoms with Crippen molar-refractivity contribution in [3.05, 3.63) is 35.9 Å². The van der Waals surface area contributed by atoms with E-state index < -0.39 is 53.8 Å². The zero-order valence-electron chi connectivity index (χ0n) is 21.3. The van der Waals surface area contributed by atoms with Gasteiger partial charge in [0.05, 0.1) is 6.04 Å². The van der Waals surface area contributed by atoms with Crippen molar-refractivity contribution in [2.24, 2.45) is 23.3 Å². The summed E-state index contributed by atoms with van der Waals surface area (Å²) >= 11 is 0. The van der Waals surface area contributed by atoms with Crippen LogP contribution in [0.2, 0.25) is 0 Å². The molecule has 1 aromatic carbocycles. The van der Waals surface area contributed by atoms with Crippen molar-refractivity contribution < 1.29 is 29.1 Å². The third kappa shape index (κ3) is 10.0. The highest BCUT2D eigenvalue weighted by molar-refractivity contribution is 5.94. The lowest BCUT2D eigenvalue weighted by atomic mass is 9.96. The van der Waals surface area contributed by atoms with Gasteiger partial charge in [-0.25, -0.2) is 4.79 Å². The Morgan fingerprint density at radius 2 is 1.47 bits per heavy atom. The van der Waals surface area contributed by atoms with Gasteiger partial charge in [0.2, 0.25) is 23.6 Å². The second kappa shape index (κ2) is 14.8. The molecule has 0 aliphatic carbocycles. The Bertz CT molecular complexity index is 907. The van der Waals surface area contributed by atoms with Gasteiger partial charge in [-0.1, -0.05) is 64.4 Å². The molecule has 0 aliphatic heterocycles. The van der Waals surface area contributed by atoms with Crippen LogP contribution >= 0.6 is 0 Å². The fourth-order valence-corrected chi connectivity index (χ4v) is 3.48.